The third-order valence-electron chi connectivity index (χ3n) is 3.31. The van der Waals surface area contributed by atoms with Crippen LogP contribution >= 0.6 is 0 Å². The predicted octanol–water partition coefficient (Wildman–Crippen LogP) is 5.39. The van der Waals surface area contributed by atoms with Crippen LogP contribution in [0.1, 0.15) is 11.1 Å². The van der Waals surface area contributed by atoms with Gasteiger partial charge in [-0.3, -0.25) is 5.43 Å². The molecule has 0 saturated heterocycles. The molecule has 0 unspecified atom stereocenters. The second-order valence-corrected chi connectivity index (χ2v) is 5.01. The van der Waals surface area contributed by atoms with E-state index in [9.17, 15) is 0 Å². The molecule has 3 nitrogen and oxygen atoms in total. The molecule has 0 heterocycles. The Morgan fingerprint density at radius 3 is 1.91 bits per heavy atom. The van der Waals surface area contributed by atoms with Crippen LogP contribution in [0.5, 0.6) is 0 Å². The Kier molecular flexibility index (Phi) is 4.57. The van der Waals surface area contributed by atoms with Crippen molar-refractivity contribution in [2.75, 3.05) is 5.43 Å². The minimum atomic E-state index is 0.834. The summed E-state index contributed by atoms with van der Waals surface area (Å²) in [6.07, 6.45) is 0.931. The molecule has 22 heavy (non-hydrogen) atoms. The van der Waals surface area contributed by atoms with Gasteiger partial charge in [0.25, 0.3) is 0 Å². The van der Waals surface area contributed by atoms with Crippen LogP contribution in [0.15, 0.2) is 95.3 Å². The Morgan fingerprint density at radius 1 is 0.636 bits per heavy atom. The number of benzene rings is 3. The highest BCUT2D eigenvalue weighted by atomic mass is 15.4. The summed E-state index contributed by atoms with van der Waals surface area (Å²) in [7, 11) is 0. The number of hydrogen-bond acceptors (Lipinski definition) is 2. The fraction of sp³-hybridized carbons (Fsp3) is 0.0526. The molecule has 1 N–H and O–H groups in total. The second kappa shape index (κ2) is 7.18. The summed E-state index contributed by atoms with van der Waals surface area (Å²) in [5, 5.41) is 8.16. The van der Waals surface area contributed by atoms with E-state index < -0.39 is 0 Å². The number of nitrogens with zero attached hydrogens (tertiary/aromatic N) is 2. The van der Waals surface area contributed by atoms with Crippen molar-refractivity contribution in [3.8, 4) is 0 Å². The smallest absolute Gasteiger partial charge is 0.0874 e. The minimum Gasteiger partial charge on any atom is -0.260 e. The van der Waals surface area contributed by atoms with Gasteiger partial charge in [0.2, 0.25) is 0 Å². The van der Waals surface area contributed by atoms with Gasteiger partial charge in [-0.1, -0.05) is 65.9 Å². The van der Waals surface area contributed by atoms with Crippen LogP contribution < -0.4 is 5.43 Å². The maximum Gasteiger partial charge on any atom is 0.0874 e. The van der Waals surface area contributed by atoms with Crippen molar-refractivity contribution in [3.63, 3.8) is 0 Å². The zero-order valence-corrected chi connectivity index (χ0v) is 12.2. The fourth-order valence-electron chi connectivity index (χ4n) is 2.17. The van der Waals surface area contributed by atoms with E-state index in [1.165, 1.54) is 11.1 Å². The molecule has 108 valence electrons. The Bertz CT molecular complexity index is 720. The van der Waals surface area contributed by atoms with Crippen LogP contribution in [-0.4, -0.2) is 0 Å². The first-order valence-corrected chi connectivity index (χ1v) is 7.25. The lowest BCUT2D eigenvalue weighted by atomic mass is 10.1. The summed E-state index contributed by atoms with van der Waals surface area (Å²) in [6, 6.07) is 28.3. The third-order valence-corrected chi connectivity index (χ3v) is 3.31. The molecule has 3 aromatic rings. The molecule has 0 aliphatic rings. The van der Waals surface area contributed by atoms with Gasteiger partial charge in [-0.25, -0.2) is 0 Å². The van der Waals surface area contributed by atoms with Crippen LogP contribution in [0.4, 0.5) is 11.4 Å². The molecule has 3 heteroatoms. The van der Waals surface area contributed by atoms with E-state index >= 15 is 0 Å². The Balaban J connectivity index is 1.59. The van der Waals surface area contributed by atoms with Crippen molar-refractivity contribution >= 4 is 11.4 Å². The quantitative estimate of drug-likeness (QED) is 0.496. The van der Waals surface area contributed by atoms with E-state index in [2.05, 4.69) is 52.2 Å². The highest BCUT2D eigenvalue weighted by molar-refractivity contribution is 5.42. The highest BCUT2D eigenvalue weighted by Crippen LogP contribution is 2.16. The van der Waals surface area contributed by atoms with Gasteiger partial charge in [-0.2, -0.15) is 0 Å². The number of para-hydroxylation sites is 1. The van der Waals surface area contributed by atoms with Crippen LogP contribution in [0.3, 0.4) is 0 Å². The average Bonchev–Trinajstić information content (AvgIpc) is 2.58. The van der Waals surface area contributed by atoms with Crippen LogP contribution in [0.25, 0.3) is 0 Å². The molecular weight excluding hydrogens is 270 g/mol. The summed E-state index contributed by atoms with van der Waals surface area (Å²) >= 11 is 0. The second-order valence-electron chi connectivity index (χ2n) is 5.01. The first kappa shape index (κ1) is 14.0. The van der Waals surface area contributed by atoms with Crippen molar-refractivity contribution in [3.05, 3.63) is 96.1 Å². The predicted molar refractivity (Wildman–Crippen MR) is 90.3 cm³/mol. The van der Waals surface area contributed by atoms with Gasteiger partial charge in [-0.05, 0) is 41.8 Å². The van der Waals surface area contributed by atoms with Gasteiger partial charge >= 0.3 is 0 Å². The van der Waals surface area contributed by atoms with Gasteiger partial charge in [0, 0.05) is 0 Å². The molecule has 0 amide bonds. The molecule has 3 rings (SSSR count). The molecule has 0 radical (unpaired) electrons. The van der Waals surface area contributed by atoms with Crippen molar-refractivity contribution < 1.29 is 0 Å². The SMILES string of the molecule is c1ccc(Cc2ccc(N=NNc3ccccc3)cc2)cc1. The number of nitrogens with one attached hydrogen (secondary N) is 1. The maximum absolute atomic E-state index is 4.16. The topological polar surface area (TPSA) is 36.8 Å². The molecule has 3 aromatic carbocycles. The van der Waals surface area contributed by atoms with Crippen LogP contribution in [0.2, 0.25) is 0 Å². The molecular formula is C19H17N3. The normalized spacial score (nSPS) is 10.7. The Morgan fingerprint density at radius 2 is 1.23 bits per heavy atom. The fourth-order valence-corrected chi connectivity index (χ4v) is 2.17. The van der Waals surface area contributed by atoms with Crippen molar-refractivity contribution in [2.45, 2.75) is 6.42 Å². The monoisotopic (exact) mass is 287 g/mol. The lowest BCUT2D eigenvalue weighted by molar-refractivity contribution is 1.12. The molecule has 0 spiro atoms. The zero-order chi connectivity index (χ0) is 15.0. The highest BCUT2D eigenvalue weighted by Gasteiger charge is 1.96. The van der Waals surface area contributed by atoms with Crippen molar-refractivity contribution in [2.24, 2.45) is 10.3 Å². The molecule has 0 atom stereocenters. The van der Waals surface area contributed by atoms with E-state index in [1.807, 2.05) is 48.5 Å². The number of rotatable bonds is 5. The Hall–Kier alpha value is -2.94. The molecule has 0 aromatic heterocycles. The third kappa shape index (κ3) is 4.03. The first-order chi connectivity index (χ1) is 10.9. The van der Waals surface area contributed by atoms with E-state index in [-0.39, 0.29) is 0 Å². The Labute approximate surface area is 130 Å². The molecule has 0 aliphatic heterocycles. The summed E-state index contributed by atoms with van der Waals surface area (Å²) in [4.78, 5) is 0. The van der Waals surface area contributed by atoms with E-state index in [1.54, 1.807) is 0 Å². The summed E-state index contributed by atoms with van der Waals surface area (Å²) in [6.45, 7) is 0. The minimum absolute atomic E-state index is 0.834. The maximum atomic E-state index is 4.16. The zero-order valence-electron chi connectivity index (χ0n) is 12.2. The molecule has 0 fully saturated rings. The number of anilines is 1. The van der Waals surface area contributed by atoms with Crippen LogP contribution in [-0.2, 0) is 6.42 Å². The first-order valence-electron chi connectivity index (χ1n) is 7.25. The van der Waals surface area contributed by atoms with Gasteiger partial charge in [0.1, 0.15) is 0 Å². The van der Waals surface area contributed by atoms with Crippen LogP contribution in [0, 0.1) is 0 Å². The molecule has 0 bridgehead atoms. The van der Waals surface area contributed by atoms with E-state index in [0.29, 0.717) is 0 Å². The molecule has 0 saturated carbocycles. The largest absolute Gasteiger partial charge is 0.260 e. The van der Waals surface area contributed by atoms with Gasteiger partial charge in [0.05, 0.1) is 11.4 Å². The van der Waals surface area contributed by atoms with Gasteiger partial charge in [0.15, 0.2) is 0 Å². The summed E-state index contributed by atoms with van der Waals surface area (Å²) in [5.74, 6) is 0. The number of hydrogen-bond donors (Lipinski definition) is 1. The standard InChI is InChI=1S/C19H17N3/c1-3-7-16(8-4-1)15-17-11-13-19(14-12-17)21-22-20-18-9-5-2-6-10-18/h1-14H,15H2,(H,20,21). The summed E-state index contributed by atoms with van der Waals surface area (Å²) in [5.41, 5.74) is 7.24. The van der Waals surface area contributed by atoms with Gasteiger partial charge < -0.3 is 0 Å². The van der Waals surface area contributed by atoms with Crippen molar-refractivity contribution in [1.29, 1.82) is 0 Å². The lowest BCUT2D eigenvalue weighted by Crippen LogP contribution is -1.87. The summed E-state index contributed by atoms with van der Waals surface area (Å²) < 4.78 is 0. The molecule has 0 aliphatic carbocycles. The average molecular weight is 287 g/mol. The van der Waals surface area contributed by atoms with Crippen molar-refractivity contribution in [1.82, 2.24) is 0 Å². The van der Waals surface area contributed by atoms with E-state index in [0.717, 1.165) is 17.8 Å². The lowest BCUT2D eigenvalue weighted by Gasteiger charge is -2.02. The van der Waals surface area contributed by atoms with E-state index in [4.69, 9.17) is 0 Å². The van der Waals surface area contributed by atoms with Gasteiger partial charge in [-0.15, -0.1) is 5.11 Å².